The minimum Gasteiger partial charge on any atom is -0.0887 e. The molecular formula is C10H16S. The largest absolute Gasteiger partial charge is 0.0887 e. The summed E-state index contributed by atoms with van der Waals surface area (Å²) in [7, 11) is 0. The van der Waals surface area contributed by atoms with Crippen LogP contribution >= 0.6 is 12.2 Å². The second kappa shape index (κ2) is 6.29. The first kappa shape index (κ1) is 10.6. The molecule has 11 heavy (non-hydrogen) atoms. The maximum Gasteiger partial charge on any atom is 0.00161 e. The lowest BCUT2D eigenvalue weighted by Gasteiger charge is -1.96. The number of hydrogen-bond donors (Lipinski definition) is 0. The summed E-state index contributed by atoms with van der Waals surface area (Å²) in [6.45, 7) is 6.48. The van der Waals surface area contributed by atoms with Crippen molar-refractivity contribution >= 4 is 17.6 Å². The van der Waals surface area contributed by atoms with E-state index in [1.807, 2.05) is 6.08 Å². The minimum atomic E-state index is 0.742. The Labute approximate surface area is 75.0 Å². The van der Waals surface area contributed by atoms with E-state index < -0.39 is 0 Å². The summed E-state index contributed by atoms with van der Waals surface area (Å²) in [4.78, 5) is 0. The molecule has 0 aromatic rings. The molecule has 0 saturated carbocycles. The molecule has 0 aromatic carbocycles. The Morgan fingerprint density at radius 1 is 1.45 bits per heavy atom. The van der Waals surface area contributed by atoms with Gasteiger partial charge in [-0.25, -0.2) is 0 Å². The third-order valence-corrected chi connectivity index (χ3v) is 1.46. The van der Waals surface area contributed by atoms with Crippen molar-refractivity contribution in [3.05, 3.63) is 23.8 Å². The van der Waals surface area contributed by atoms with Crippen molar-refractivity contribution in [1.82, 2.24) is 0 Å². The van der Waals surface area contributed by atoms with Gasteiger partial charge in [0, 0.05) is 5.37 Å². The van der Waals surface area contributed by atoms with Crippen molar-refractivity contribution in [1.29, 1.82) is 0 Å². The molecule has 1 heteroatoms. The minimum absolute atomic E-state index is 0.742. The maximum atomic E-state index is 4.69. The summed E-state index contributed by atoms with van der Waals surface area (Å²) in [5, 5.41) is 1.65. The van der Waals surface area contributed by atoms with Crippen LogP contribution in [0.4, 0.5) is 0 Å². The zero-order valence-electron chi connectivity index (χ0n) is 7.50. The molecule has 0 aliphatic rings. The predicted octanol–water partition coefficient (Wildman–Crippen LogP) is 3.53. The van der Waals surface area contributed by atoms with Crippen molar-refractivity contribution in [2.75, 3.05) is 0 Å². The normalized spacial score (nSPS) is 12.9. The molecule has 0 rings (SSSR count). The molecule has 0 radical (unpaired) electrons. The first-order chi connectivity index (χ1) is 5.16. The lowest BCUT2D eigenvalue weighted by Crippen LogP contribution is -1.81. The lowest BCUT2D eigenvalue weighted by atomic mass is 10.1. The van der Waals surface area contributed by atoms with Crippen LogP contribution in [0.5, 0.6) is 0 Å². The van der Waals surface area contributed by atoms with E-state index in [1.165, 1.54) is 5.57 Å². The fourth-order valence-corrected chi connectivity index (χ4v) is 0.904. The van der Waals surface area contributed by atoms with Crippen LogP contribution in [0.3, 0.4) is 0 Å². The first-order valence-electron chi connectivity index (χ1n) is 3.95. The topological polar surface area (TPSA) is 0 Å². The summed E-state index contributed by atoms with van der Waals surface area (Å²) in [5.74, 6) is 0.742. The van der Waals surface area contributed by atoms with Gasteiger partial charge in [0.1, 0.15) is 0 Å². The summed E-state index contributed by atoms with van der Waals surface area (Å²) in [6.07, 6.45) is 7.38. The number of rotatable bonds is 4. The van der Waals surface area contributed by atoms with Crippen LogP contribution in [0.15, 0.2) is 23.8 Å². The summed E-state index contributed by atoms with van der Waals surface area (Å²) >= 11 is 4.69. The van der Waals surface area contributed by atoms with E-state index in [1.54, 1.807) is 5.37 Å². The fourth-order valence-electron chi connectivity index (χ4n) is 0.689. The van der Waals surface area contributed by atoms with Crippen molar-refractivity contribution < 1.29 is 0 Å². The number of allylic oxidation sites excluding steroid dienone is 4. The van der Waals surface area contributed by atoms with Crippen molar-refractivity contribution in [3.8, 4) is 0 Å². The molecule has 0 spiro atoms. The zero-order valence-corrected chi connectivity index (χ0v) is 8.32. The second-order valence-electron chi connectivity index (χ2n) is 3.08. The fraction of sp³-hybridized carbons (Fsp3) is 0.500. The predicted molar refractivity (Wildman–Crippen MR) is 56.0 cm³/mol. The van der Waals surface area contributed by atoms with E-state index in [9.17, 15) is 0 Å². The van der Waals surface area contributed by atoms with Gasteiger partial charge < -0.3 is 0 Å². The van der Waals surface area contributed by atoms with Gasteiger partial charge in [-0.05, 0) is 25.3 Å². The molecule has 0 fully saturated rings. The lowest BCUT2D eigenvalue weighted by molar-refractivity contribution is 0.663. The molecule has 0 nitrogen and oxygen atoms in total. The molecule has 0 aliphatic carbocycles. The van der Waals surface area contributed by atoms with E-state index in [0.29, 0.717) is 0 Å². The molecular weight excluding hydrogens is 152 g/mol. The Morgan fingerprint density at radius 3 is 2.55 bits per heavy atom. The van der Waals surface area contributed by atoms with Gasteiger partial charge in [-0.15, -0.1) is 0 Å². The van der Waals surface area contributed by atoms with E-state index in [-0.39, 0.29) is 0 Å². The van der Waals surface area contributed by atoms with E-state index >= 15 is 0 Å². The molecule has 0 atom stereocenters. The SMILES string of the molecule is CC(/C=C\CC(C)C)=C/C=S. The quantitative estimate of drug-likeness (QED) is 0.351. The van der Waals surface area contributed by atoms with Crippen molar-refractivity contribution in [3.63, 3.8) is 0 Å². The summed E-state index contributed by atoms with van der Waals surface area (Å²) < 4.78 is 0. The first-order valence-corrected chi connectivity index (χ1v) is 4.42. The van der Waals surface area contributed by atoms with Crippen LogP contribution in [0.2, 0.25) is 0 Å². The Hall–Kier alpha value is -0.430. The van der Waals surface area contributed by atoms with Crippen LogP contribution in [-0.4, -0.2) is 5.37 Å². The monoisotopic (exact) mass is 168 g/mol. The highest BCUT2D eigenvalue weighted by molar-refractivity contribution is 7.79. The Balaban J connectivity index is 3.73. The number of thiocarbonyl (C=S) groups is 1. The second-order valence-corrected chi connectivity index (χ2v) is 3.35. The van der Waals surface area contributed by atoms with E-state index in [0.717, 1.165) is 12.3 Å². The average Bonchev–Trinajstić information content (AvgIpc) is 1.87. The van der Waals surface area contributed by atoms with Gasteiger partial charge in [-0.3, -0.25) is 0 Å². The molecule has 62 valence electrons. The summed E-state index contributed by atoms with van der Waals surface area (Å²) in [6, 6.07) is 0. The molecule has 0 N–H and O–H groups in total. The van der Waals surface area contributed by atoms with Crippen LogP contribution in [0, 0.1) is 5.92 Å². The van der Waals surface area contributed by atoms with Crippen LogP contribution in [0.1, 0.15) is 27.2 Å². The number of hydrogen-bond acceptors (Lipinski definition) is 1. The highest BCUT2D eigenvalue weighted by Gasteiger charge is 1.86. The standard InChI is InChI=1S/C10H16S/c1-9(2)5-4-6-10(3)7-8-11/h4,6-9H,5H2,1-3H3/b6-4-,10-7-. The van der Waals surface area contributed by atoms with Crippen molar-refractivity contribution in [2.24, 2.45) is 5.92 Å². The van der Waals surface area contributed by atoms with Gasteiger partial charge in [0.25, 0.3) is 0 Å². The van der Waals surface area contributed by atoms with Crippen molar-refractivity contribution in [2.45, 2.75) is 27.2 Å². The highest BCUT2D eigenvalue weighted by atomic mass is 32.1. The zero-order chi connectivity index (χ0) is 8.69. The molecule has 0 unspecified atom stereocenters. The molecule has 0 saturated heterocycles. The molecule has 0 aromatic heterocycles. The van der Waals surface area contributed by atoms with Gasteiger partial charge in [0.2, 0.25) is 0 Å². The van der Waals surface area contributed by atoms with Gasteiger partial charge in [-0.2, -0.15) is 0 Å². The van der Waals surface area contributed by atoms with Gasteiger partial charge in [0.15, 0.2) is 0 Å². The van der Waals surface area contributed by atoms with Crippen LogP contribution < -0.4 is 0 Å². The smallest absolute Gasteiger partial charge is 0.00161 e. The summed E-state index contributed by atoms with van der Waals surface area (Å²) in [5.41, 5.74) is 1.22. The van der Waals surface area contributed by atoms with Gasteiger partial charge in [0.05, 0.1) is 0 Å². The van der Waals surface area contributed by atoms with E-state index in [4.69, 9.17) is 12.2 Å². The third kappa shape index (κ3) is 7.47. The molecule has 0 amide bonds. The Kier molecular flexibility index (Phi) is 6.05. The maximum absolute atomic E-state index is 4.69. The van der Waals surface area contributed by atoms with E-state index in [2.05, 4.69) is 32.9 Å². The van der Waals surface area contributed by atoms with Crippen LogP contribution in [-0.2, 0) is 0 Å². The molecule has 0 aliphatic heterocycles. The molecule has 0 bridgehead atoms. The molecule has 0 heterocycles. The average molecular weight is 168 g/mol. The third-order valence-electron chi connectivity index (χ3n) is 1.32. The Morgan fingerprint density at radius 2 is 2.09 bits per heavy atom. The van der Waals surface area contributed by atoms with Gasteiger partial charge >= 0.3 is 0 Å². The van der Waals surface area contributed by atoms with Gasteiger partial charge in [-0.1, -0.05) is 43.8 Å². The van der Waals surface area contributed by atoms with Crippen LogP contribution in [0.25, 0.3) is 0 Å². The Bertz CT molecular complexity index is 164. The highest BCUT2D eigenvalue weighted by Crippen LogP contribution is 2.02.